The Kier molecular flexibility index (Phi) is 62.4. The molecular weight excluding hydrogens is 911 g/mol. The average Bonchev–Trinajstić information content (AvgIpc) is 3.40. The van der Waals surface area contributed by atoms with Gasteiger partial charge in [0.25, 0.3) is 0 Å². The highest BCUT2D eigenvalue weighted by atomic mass is 16.5. The first-order valence-corrected chi connectivity index (χ1v) is 33.6. The summed E-state index contributed by atoms with van der Waals surface area (Å²) in [6.07, 6.45) is 79.2. The predicted octanol–water partition coefficient (Wildman–Crippen LogP) is 21.4. The number of hydrogen-bond acceptors (Lipinski definition) is 5. The highest BCUT2D eigenvalue weighted by Crippen LogP contribution is 2.19. The number of hydrogen-bond donors (Lipinski definition) is 3. The van der Waals surface area contributed by atoms with Crippen LogP contribution in [0.5, 0.6) is 0 Å². The van der Waals surface area contributed by atoms with Gasteiger partial charge in [-0.25, -0.2) is 0 Å². The van der Waals surface area contributed by atoms with E-state index >= 15 is 0 Å². The fourth-order valence-electron chi connectivity index (χ4n) is 10.6. The van der Waals surface area contributed by atoms with E-state index in [1.807, 2.05) is 0 Å². The first-order valence-electron chi connectivity index (χ1n) is 33.6. The molecule has 0 heterocycles. The Bertz CT molecular complexity index is 1150. The van der Waals surface area contributed by atoms with Gasteiger partial charge in [-0.3, -0.25) is 9.59 Å². The highest BCUT2D eigenvalue weighted by molar-refractivity contribution is 5.76. The molecule has 0 saturated carbocycles. The molecule has 0 saturated heterocycles. The maximum Gasteiger partial charge on any atom is 0.305 e. The number of rotatable bonds is 63. The van der Waals surface area contributed by atoms with Crippen LogP contribution in [0.1, 0.15) is 373 Å². The van der Waals surface area contributed by atoms with Gasteiger partial charge in [0.2, 0.25) is 5.91 Å². The van der Waals surface area contributed by atoms with Crippen LogP contribution in [-0.4, -0.2) is 47.4 Å². The van der Waals surface area contributed by atoms with Crippen molar-refractivity contribution in [2.75, 3.05) is 13.2 Å². The third-order valence-electron chi connectivity index (χ3n) is 15.8. The molecule has 2 atom stereocenters. The number of allylic oxidation sites excluding steroid dienone is 4. The summed E-state index contributed by atoms with van der Waals surface area (Å²) in [5.74, 6) is -0.0271. The highest BCUT2D eigenvalue weighted by Gasteiger charge is 2.20. The van der Waals surface area contributed by atoms with E-state index in [1.165, 1.54) is 289 Å². The van der Waals surface area contributed by atoms with Gasteiger partial charge in [-0.1, -0.05) is 327 Å². The number of unbranched alkanes of at least 4 members (excludes halogenated alkanes) is 48. The fourth-order valence-corrected chi connectivity index (χ4v) is 10.6. The quantitative estimate of drug-likeness (QED) is 0.0320. The van der Waals surface area contributed by atoms with Gasteiger partial charge >= 0.3 is 5.97 Å². The Balaban J connectivity index is 3.36. The monoisotopic (exact) mass is 1040 g/mol. The molecule has 6 nitrogen and oxygen atoms in total. The van der Waals surface area contributed by atoms with Crippen LogP contribution >= 0.6 is 0 Å². The van der Waals surface area contributed by atoms with E-state index < -0.39 is 12.1 Å². The second kappa shape index (κ2) is 63.9. The number of ether oxygens (including phenoxy) is 1. The number of aliphatic hydroxyl groups excluding tert-OH is 2. The van der Waals surface area contributed by atoms with Gasteiger partial charge in [-0.2, -0.15) is 0 Å². The first-order chi connectivity index (χ1) is 36.5. The summed E-state index contributed by atoms with van der Waals surface area (Å²) in [6.45, 7) is 4.95. The number of esters is 1. The number of carbonyl (C=O) groups excluding carboxylic acids is 2. The minimum absolute atomic E-state index is 0.00299. The molecular formula is C68H131NO5. The lowest BCUT2D eigenvalue weighted by molar-refractivity contribution is -0.143. The second-order valence-electron chi connectivity index (χ2n) is 23.2. The maximum absolute atomic E-state index is 12.5. The number of aliphatic hydroxyl groups is 2. The summed E-state index contributed by atoms with van der Waals surface area (Å²) in [7, 11) is 0. The van der Waals surface area contributed by atoms with Gasteiger partial charge in [0.05, 0.1) is 25.4 Å². The van der Waals surface area contributed by atoms with Crippen molar-refractivity contribution >= 4 is 11.9 Å². The van der Waals surface area contributed by atoms with Crippen LogP contribution in [0.3, 0.4) is 0 Å². The molecule has 6 heteroatoms. The van der Waals surface area contributed by atoms with Gasteiger partial charge in [0, 0.05) is 12.8 Å². The van der Waals surface area contributed by atoms with E-state index in [4.69, 9.17) is 4.74 Å². The summed E-state index contributed by atoms with van der Waals surface area (Å²) in [4.78, 5) is 24.6. The predicted molar refractivity (Wildman–Crippen MR) is 324 cm³/mol. The van der Waals surface area contributed by atoms with Crippen LogP contribution in [0.15, 0.2) is 24.3 Å². The molecule has 0 fully saturated rings. The van der Waals surface area contributed by atoms with Gasteiger partial charge in [-0.05, 0) is 57.8 Å². The topological polar surface area (TPSA) is 95.9 Å². The first kappa shape index (κ1) is 72.3. The Morgan fingerprint density at radius 1 is 0.378 bits per heavy atom. The molecule has 3 N–H and O–H groups in total. The lowest BCUT2D eigenvalue weighted by Crippen LogP contribution is -2.45. The Morgan fingerprint density at radius 2 is 0.676 bits per heavy atom. The molecule has 0 aliphatic carbocycles. The summed E-state index contributed by atoms with van der Waals surface area (Å²) < 4.78 is 5.48. The Labute approximate surface area is 462 Å². The number of amides is 1. The lowest BCUT2D eigenvalue weighted by Gasteiger charge is -2.22. The number of carbonyl (C=O) groups is 2. The summed E-state index contributed by atoms with van der Waals surface area (Å²) in [5, 5.41) is 23.4. The lowest BCUT2D eigenvalue weighted by atomic mass is 10.0. The van der Waals surface area contributed by atoms with Crippen LogP contribution in [0.4, 0.5) is 0 Å². The van der Waals surface area contributed by atoms with E-state index in [-0.39, 0.29) is 18.5 Å². The molecule has 1 amide bonds. The summed E-state index contributed by atoms with van der Waals surface area (Å²) >= 11 is 0. The van der Waals surface area contributed by atoms with Crippen molar-refractivity contribution in [1.29, 1.82) is 0 Å². The van der Waals surface area contributed by atoms with E-state index in [9.17, 15) is 19.8 Å². The Hall–Kier alpha value is -1.66. The van der Waals surface area contributed by atoms with Crippen LogP contribution in [-0.2, 0) is 14.3 Å². The molecule has 0 radical (unpaired) electrons. The molecule has 0 rings (SSSR count). The minimum atomic E-state index is -0.663. The Morgan fingerprint density at radius 3 is 1.05 bits per heavy atom. The van der Waals surface area contributed by atoms with Gasteiger partial charge < -0.3 is 20.3 Å². The standard InChI is InChI=1S/C68H131NO5/c1-3-5-7-9-11-13-15-17-19-29-33-36-40-44-48-52-56-60-66(71)65(64-70)69-67(72)61-57-53-49-45-41-37-34-30-27-25-23-21-20-22-24-26-28-31-35-39-43-47-51-55-59-63-74-68(73)62-58-54-50-46-42-38-32-18-16-14-12-10-8-6-4-2/h12,14,18,32,65-66,70-71H,3-11,13,15-17,19-31,33-64H2,1-2H3,(H,69,72)/b14-12-,32-18-. The van der Waals surface area contributed by atoms with Crippen molar-refractivity contribution in [1.82, 2.24) is 5.32 Å². The van der Waals surface area contributed by atoms with E-state index in [0.29, 0.717) is 25.9 Å². The van der Waals surface area contributed by atoms with Crippen molar-refractivity contribution in [3.8, 4) is 0 Å². The van der Waals surface area contributed by atoms with Gasteiger partial charge in [0.15, 0.2) is 0 Å². The zero-order chi connectivity index (χ0) is 53.6. The smallest absolute Gasteiger partial charge is 0.305 e. The SMILES string of the molecule is CCCCC/C=C\C/C=C\CCCCCCCC(=O)OCCCCCCCCCCCCCCCCCCCCCCCCCCCC(=O)NC(CO)C(O)CCCCCCCCCCCCCCCCCCC. The van der Waals surface area contributed by atoms with Gasteiger partial charge in [-0.15, -0.1) is 0 Å². The van der Waals surface area contributed by atoms with Crippen molar-refractivity contribution < 1.29 is 24.5 Å². The minimum Gasteiger partial charge on any atom is -0.466 e. The molecule has 74 heavy (non-hydrogen) atoms. The second-order valence-corrected chi connectivity index (χ2v) is 23.2. The van der Waals surface area contributed by atoms with Crippen molar-refractivity contribution in [2.45, 2.75) is 386 Å². The molecule has 0 aromatic rings. The molecule has 0 aromatic carbocycles. The van der Waals surface area contributed by atoms with Crippen LogP contribution in [0.25, 0.3) is 0 Å². The number of nitrogens with one attached hydrogen (secondary N) is 1. The average molecular weight is 1040 g/mol. The molecule has 0 spiro atoms. The van der Waals surface area contributed by atoms with E-state index in [2.05, 4.69) is 43.5 Å². The van der Waals surface area contributed by atoms with Crippen LogP contribution < -0.4 is 5.32 Å². The molecule has 0 aromatic heterocycles. The molecule has 438 valence electrons. The third kappa shape index (κ3) is 59.6. The molecule has 0 bridgehead atoms. The van der Waals surface area contributed by atoms with Crippen molar-refractivity contribution in [2.24, 2.45) is 0 Å². The zero-order valence-corrected chi connectivity index (χ0v) is 50.1. The molecule has 0 aliphatic rings. The third-order valence-corrected chi connectivity index (χ3v) is 15.8. The summed E-state index contributed by atoms with van der Waals surface area (Å²) in [5.41, 5.74) is 0. The zero-order valence-electron chi connectivity index (χ0n) is 50.1. The molecule has 0 aliphatic heterocycles. The normalized spacial score (nSPS) is 12.6. The fraction of sp³-hybridized carbons (Fsp3) is 0.912. The van der Waals surface area contributed by atoms with Crippen molar-refractivity contribution in [3.05, 3.63) is 24.3 Å². The van der Waals surface area contributed by atoms with E-state index in [1.54, 1.807) is 0 Å². The largest absolute Gasteiger partial charge is 0.466 e. The van der Waals surface area contributed by atoms with Gasteiger partial charge in [0.1, 0.15) is 0 Å². The summed E-state index contributed by atoms with van der Waals surface area (Å²) in [6, 6.07) is -0.540. The molecule has 2 unspecified atom stereocenters. The van der Waals surface area contributed by atoms with E-state index in [0.717, 1.165) is 51.4 Å². The van der Waals surface area contributed by atoms with Crippen LogP contribution in [0, 0.1) is 0 Å². The van der Waals surface area contributed by atoms with Crippen LogP contribution in [0.2, 0.25) is 0 Å². The van der Waals surface area contributed by atoms with Crippen molar-refractivity contribution in [3.63, 3.8) is 0 Å². The maximum atomic E-state index is 12.5.